The Balaban J connectivity index is 2.57. The van der Waals surface area contributed by atoms with E-state index in [0.29, 0.717) is 12.2 Å². The number of carbonyl (C=O) groups excluding carboxylic acids is 1. The van der Waals surface area contributed by atoms with E-state index >= 15 is 0 Å². The summed E-state index contributed by atoms with van der Waals surface area (Å²) in [5.74, 6) is 0.735. The van der Waals surface area contributed by atoms with Crippen LogP contribution in [-0.4, -0.2) is 51.3 Å². The number of ether oxygens (including phenoxy) is 1. The summed E-state index contributed by atoms with van der Waals surface area (Å²) in [6.07, 6.45) is 0.689. The fourth-order valence-corrected chi connectivity index (χ4v) is 4.62. The molecule has 0 bridgehead atoms. The molecule has 2 N–H and O–H groups in total. The van der Waals surface area contributed by atoms with Crippen molar-refractivity contribution < 1.29 is 23.1 Å². The fraction of sp³-hybridized carbons (Fsp3) is 0.545. The summed E-state index contributed by atoms with van der Waals surface area (Å²) >= 11 is 2.59. The van der Waals surface area contributed by atoms with Crippen molar-refractivity contribution in [3.05, 3.63) is 16.3 Å². The van der Waals surface area contributed by atoms with Gasteiger partial charge in [0.1, 0.15) is 9.77 Å². The van der Waals surface area contributed by atoms with Crippen LogP contribution in [-0.2, 0) is 14.8 Å². The number of thiophene rings is 1. The van der Waals surface area contributed by atoms with Crippen LogP contribution in [0.1, 0.15) is 16.1 Å². The van der Waals surface area contributed by atoms with Crippen LogP contribution in [0.5, 0.6) is 0 Å². The fourth-order valence-electron chi connectivity index (χ4n) is 1.35. The van der Waals surface area contributed by atoms with Gasteiger partial charge < -0.3 is 9.84 Å². The highest BCUT2D eigenvalue weighted by Crippen LogP contribution is 2.22. The molecule has 0 unspecified atom stereocenters. The first-order valence-corrected chi connectivity index (χ1v) is 9.38. The standard InChI is InChI=1S/C11H17NO5S3/c1-17-11(14)10-9(3-7-19-10)20(15,16)12-4-8-18-6-2-5-13/h3,7,12-13H,2,4-6,8H2,1H3. The smallest absolute Gasteiger partial charge is 0.349 e. The first-order valence-electron chi connectivity index (χ1n) is 5.87. The van der Waals surface area contributed by atoms with Gasteiger partial charge in [-0.05, 0) is 23.6 Å². The van der Waals surface area contributed by atoms with Crippen LogP contribution in [0.25, 0.3) is 0 Å². The lowest BCUT2D eigenvalue weighted by Gasteiger charge is -2.06. The van der Waals surface area contributed by atoms with E-state index in [1.807, 2.05) is 0 Å². The highest BCUT2D eigenvalue weighted by atomic mass is 32.2. The molecule has 9 heteroatoms. The molecule has 0 saturated heterocycles. The predicted octanol–water partition coefficient (Wildman–Crippen LogP) is 0.929. The summed E-state index contributed by atoms with van der Waals surface area (Å²) in [5.41, 5.74) is 0. The molecule has 0 spiro atoms. The van der Waals surface area contributed by atoms with Crippen LogP contribution in [0.4, 0.5) is 0 Å². The summed E-state index contributed by atoms with van der Waals surface area (Å²) in [5, 5.41) is 10.2. The highest BCUT2D eigenvalue weighted by molar-refractivity contribution is 7.99. The molecule has 0 aromatic carbocycles. The molecule has 0 aliphatic heterocycles. The molecule has 114 valence electrons. The Morgan fingerprint density at radius 1 is 1.50 bits per heavy atom. The number of methoxy groups -OCH3 is 1. The van der Waals surface area contributed by atoms with Gasteiger partial charge in [0, 0.05) is 18.9 Å². The van der Waals surface area contributed by atoms with Crippen LogP contribution in [0.15, 0.2) is 16.3 Å². The average Bonchev–Trinajstić information content (AvgIpc) is 2.92. The lowest BCUT2D eigenvalue weighted by Crippen LogP contribution is -2.27. The minimum absolute atomic E-state index is 0.0466. The van der Waals surface area contributed by atoms with Gasteiger partial charge in [-0.3, -0.25) is 0 Å². The molecule has 0 aliphatic rings. The molecule has 0 atom stereocenters. The van der Waals surface area contributed by atoms with Gasteiger partial charge in [0.15, 0.2) is 0 Å². The van der Waals surface area contributed by atoms with E-state index in [9.17, 15) is 13.2 Å². The van der Waals surface area contributed by atoms with Crippen LogP contribution in [0.3, 0.4) is 0 Å². The third-order valence-corrected chi connectivity index (χ3v) is 5.87. The Hall–Kier alpha value is -0.610. The molecule has 0 fully saturated rings. The topological polar surface area (TPSA) is 92.7 Å². The minimum atomic E-state index is -3.70. The minimum Gasteiger partial charge on any atom is -0.465 e. The van der Waals surface area contributed by atoms with Crippen molar-refractivity contribution >= 4 is 39.1 Å². The molecule has 1 heterocycles. The van der Waals surface area contributed by atoms with E-state index in [1.165, 1.54) is 18.6 Å². The Bertz CT molecular complexity index is 526. The second-order valence-corrected chi connectivity index (χ2v) is 7.57. The van der Waals surface area contributed by atoms with E-state index in [0.717, 1.165) is 17.1 Å². The molecule has 1 rings (SSSR count). The maximum Gasteiger partial charge on any atom is 0.349 e. The van der Waals surface area contributed by atoms with Gasteiger partial charge in [0.2, 0.25) is 10.0 Å². The predicted molar refractivity (Wildman–Crippen MR) is 79.9 cm³/mol. The number of sulfonamides is 1. The normalized spacial score (nSPS) is 11.5. The Morgan fingerprint density at radius 3 is 2.90 bits per heavy atom. The molecule has 0 radical (unpaired) electrons. The van der Waals surface area contributed by atoms with Crippen LogP contribution in [0, 0.1) is 0 Å². The van der Waals surface area contributed by atoms with Gasteiger partial charge in [-0.25, -0.2) is 17.9 Å². The molecular weight excluding hydrogens is 322 g/mol. The van der Waals surface area contributed by atoms with Gasteiger partial charge >= 0.3 is 5.97 Å². The van der Waals surface area contributed by atoms with Gasteiger partial charge in [0.05, 0.1) is 7.11 Å². The van der Waals surface area contributed by atoms with Crippen molar-refractivity contribution in [3.63, 3.8) is 0 Å². The van der Waals surface area contributed by atoms with E-state index in [2.05, 4.69) is 9.46 Å². The Morgan fingerprint density at radius 2 is 2.25 bits per heavy atom. The van der Waals surface area contributed by atoms with Gasteiger partial charge in [-0.1, -0.05) is 0 Å². The van der Waals surface area contributed by atoms with Crippen molar-refractivity contribution in [3.8, 4) is 0 Å². The highest BCUT2D eigenvalue weighted by Gasteiger charge is 2.24. The van der Waals surface area contributed by atoms with Crippen molar-refractivity contribution in [2.24, 2.45) is 0 Å². The number of aliphatic hydroxyl groups excluding tert-OH is 1. The number of carbonyl (C=O) groups is 1. The third-order valence-electron chi connectivity index (χ3n) is 2.27. The Labute approximate surface area is 126 Å². The van der Waals surface area contributed by atoms with Crippen LogP contribution in [0.2, 0.25) is 0 Å². The monoisotopic (exact) mass is 339 g/mol. The van der Waals surface area contributed by atoms with Crippen LogP contribution >= 0.6 is 23.1 Å². The first-order chi connectivity index (χ1) is 9.53. The first kappa shape index (κ1) is 17.4. The summed E-state index contributed by atoms with van der Waals surface area (Å²) in [6.45, 7) is 0.408. The largest absolute Gasteiger partial charge is 0.465 e. The molecule has 1 aromatic rings. The van der Waals surface area contributed by atoms with E-state index in [1.54, 1.807) is 11.8 Å². The molecule has 0 saturated carbocycles. The maximum atomic E-state index is 12.1. The molecule has 0 amide bonds. The molecule has 0 aliphatic carbocycles. The molecule has 20 heavy (non-hydrogen) atoms. The van der Waals surface area contributed by atoms with Crippen molar-refractivity contribution in [2.75, 3.05) is 31.8 Å². The number of rotatable bonds is 9. The lowest BCUT2D eigenvalue weighted by molar-refractivity contribution is 0.0602. The van der Waals surface area contributed by atoms with E-state index < -0.39 is 16.0 Å². The summed E-state index contributed by atoms with van der Waals surface area (Å²) in [7, 11) is -2.49. The third kappa shape index (κ3) is 5.06. The van der Waals surface area contributed by atoms with Gasteiger partial charge in [0.25, 0.3) is 0 Å². The van der Waals surface area contributed by atoms with Gasteiger partial charge in [-0.2, -0.15) is 11.8 Å². The zero-order valence-corrected chi connectivity index (χ0v) is 13.4. The van der Waals surface area contributed by atoms with Crippen LogP contribution < -0.4 is 4.72 Å². The van der Waals surface area contributed by atoms with E-state index in [-0.39, 0.29) is 22.9 Å². The van der Waals surface area contributed by atoms with Crippen molar-refractivity contribution in [1.29, 1.82) is 0 Å². The quantitative estimate of drug-likeness (QED) is 0.513. The number of hydrogen-bond donors (Lipinski definition) is 2. The van der Waals surface area contributed by atoms with Gasteiger partial charge in [-0.15, -0.1) is 11.3 Å². The van der Waals surface area contributed by atoms with Crippen molar-refractivity contribution in [2.45, 2.75) is 11.3 Å². The average molecular weight is 339 g/mol. The number of aliphatic hydroxyl groups is 1. The second kappa shape index (κ2) is 8.63. The van der Waals surface area contributed by atoms with E-state index in [4.69, 9.17) is 5.11 Å². The lowest BCUT2D eigenvalue weighted by atomic mass is 10.5. The number of thioether (sulfide) groups is 1. The SMILES string of the molecule is COC(=O)c1sccc1S(=O)(=O)NCCSCCCO. The maximum absolute atomic E-state index is 12.1. The number of hydrogen-bond acceptors (Lipinski definition) is 7. The zero-order valence-electron chi connectivity index (χ0n) is 11.0. The zero-order chi connectivity index (χ0) is 15.0. The number of nitrogens with one attached hydrogen (secondary N) is 1. The molecular formula is C11H17NO5S3. The Kier molecular flexibility index (Phi) is 7.52. The summed E-state index contributed by atoms with van der Waals surface area (Å²) in [4.78, 5) is 11.5. The number of esters is 1. The second-order valence-electron chi connectivity index (χ2n) is 3.69. The van der Waals surface area contributed by atoms with Crippen molar-refractivity contribution in [1.82, 2.24) is 4.72 Å². The molecule has 6 nitrogen and oxygen atoms in total. The summed E-state index contributed by atoms with van der Waals surface area (Å²) in [6, 6.07) is 1.39. The summed E-state index contributed by atoms with van der Waals surface area (Å²) < 4.78 is 31.1. The molecule has 1 aromatic heterocycles.